The summed E-state index contributed by atoms with van der Waals surface area (Å²) in [5.74, 6) is -0.324. The zero-order chi connectivity index (χ0) is 39.1. The van der Waals surface area contributed by atoms with Crippen LogP contribution in [-0.2, 0) is 14.3 Å². The van der Waals surface area contributed by atoms with Crippen LogP contribution in [-0.4, -0.2) is 42.6 Å². The molecule has 1 atom stereocenters. The molecule has 0 radical (unpaired) electrons. The number of amides is 3. The number of alkyl carbamates (subject to hydrolysis) is 1. The van der Waals surface area contributed by atoms with Crippen molar-refractivity contribution in [2.45, 2.75) is 265 Å². The molecule has 0 unspecified atom stereocenters. The topological polar surface area (TPSA) is 96.5 Å². The van der Waals surface area contributed by atoms with Gasteiger partial charge < -0.3 is 20.7 Å². The molecule has 7 nitrogen and oxygen atoms in total. The number of hydrogen-bond acceptors (Lipinski definition) is 4. The Balaban J connectivity index is 4.01. The molecular weight excluding hydrogens is 659 g/mol. The third-order valence-corrected chi connectivity index (χ3v) is 10.3. The number of carbonyl (C=O) groups excluding carboxylic acids is 3. The van der Waals surface area contributed by atoms with Crippen molar-refractivity contribution in [3.05, 3.63) is 0 Å². The van der Waals surface area contributed by atoms with E-state index in [0.717, 1.165) is 25.7 Å². The lowest BCUT2D eigenvalue weighted by Crippen LogP contribution is -2.48. The Morgan fingerprint density at radius 1 is 0.453 bits per heavy atom. The first-order valence-corrected chi connectivity index (χ1v) is 23.2. The fourth-order valence-corrected chi connectivity index (χ4v) is 6.99. The van der Waals surface area contributed by atoms with Gasteiger partial charge in [-0.15, -0.1) is 0 Å². The molecule has 0 aromatic heterocycles. The average molecular weight is 750 g/mol. The molecule has 0 aliphatic heterocycles. The molecule has 0 aromatic carbocycles. The van der Waals surface area contributed by atoms with E-state index in [0.29, 0.717) is 13.1 Å². The minimum absolute atomic E-state index is 0.0763. The van der Waals surface area contributed by atoms with E-state index in [-0.39, 0.29) is 24.7 Å². The standard InChI is InChI=1S/C46H91N3O4/c1-6-8-10-12-14-16-18-20-22-24-26-28-30-32-34-36-40-47-43(50)39-38-42(49-45(52)53-46(3,4)5)44(51)48-41-37-35-33-31-29-27-25-23-21-19-17-15-13-11-9-7-2/h42H,6-41H2,1-5H3,(H,47,50)(H,48,51)(H,49,52)/t42-/m1/s1. The molecule has 314 valence electrons. The zero-order valence-corrected chi connectivity index (χ0v) is 36.2. The molecule has 3 amide bonds. The van der Waals surface area contributed by atoms with Gasteiger partial charge in [0.15, 0.2) is 0 Å². The van der Waals surface area contributed by atoms with Crippen molar-refractivity contribution in [1.82, 2.24) is 16.0 Å². The van der Waals surface area contributed by atoms with Crippen molar-refractivity contribution in [3.63, 3.8) is 0 Å². The van der Waals surface area contributed by atoms with Gasteiger partial charge in [-0.1, -0.05) is 206 Å². The van der Waals surface area contributed by atoms with Gasteiger partial charge in [-0.05, 0) is 40.0 Å². The Bertz CT molecular complexity index is 828. The molecule has 0 heterocycles. The fraction of sp³-hybridized carbons (Fsp3) is 0.935. The highest BCUT2D eigenvalue weighted by molar-refractivity contribution is 5.86. The van der Waals surface area contributed by atoms with Crippen molar-refractivity contribution in [1.29, 1.82) is 0 Å². The third-order valence-electron chi connectivity index (χ3n) is 10.3. The summed E-state index contributed by atoms with van der Waals surface area (Å²) >= 11 is 0. The Kier molecular flexibility index (Phi) is 37.2. The van der Waals surface area contributed by atoms with Crippen molar-refractivity contribution in [3.8, 4) is 0 Å². The van der Waals surface area contributed by atoms with Gasteiger partial charge in [-0.2, -0.15) is 0 Å². The van der Waals surface area contributed by atoms with Gasteiger partial charge in [0.1, 0.15) is 11.6 Å². The summed E-state index contributed by atoms with van der Waals surface area (Å²) in [5.41, 5.74) is -0.664. The average Bonchev–Trinajstić information content (AvgIpc) is 3.11. The molecule has 0 aromatic rings. The Labute approximate surface area is 329 Å². The van der Waals surface area contributed by atoms with E-state index in [2.05, 4.69) is 29.8 Å². The number of hydrogen-bond donors (Lipinski definition) is 3. The van der Waals surface area contributed by atoms with Crippen LogP contribution < -0.4 is 16.0 Å². The van der Waals surface area contributed by atoms with Gasteiger partial charge in [-0.3, -0.25) is 9.59 Å². The van der Waals surface area contributed by atoms with Crippen molar-refractivity contribution >= 4 is 17.9 Å². The van der Waals surface area contributed by atoms with Crippen LogP contribution in [0.3, 0.4) is 0 Å². The Morgan fingerprint density at radius 2 is 0.755 bits per heavy atom. The quantitative estimate of drug-likeness (QED) is 0.0545. The summed E-state index contributed by atoms with van der Waals surface area (Å²) in [6, 6.07) is -0.799. The lowest BCUT2D eigenvalue weighted by atomic mass is 10.0. The van der Waals surface area contributed by atoms with E-state index in [4.69, 9.17) is 4.74 Å². The summed E-state index contributed by atoms with van der Waals surface area (Å²) in [6.45, 7) is 11.2. The summed E-state index contributed by atoms with van der Waals surface area (Å²) in [5, 5.41) is 8.70. The minimum Gasteiger partial charge on any atom is -0.444 e. The van der Waals surface area contributed by atoms with Crippen LogP contribution in [0.25, 0.3) is 0 Å². The van der Waals surface area contributed by atoms with Crippen LogP contribution in [0.15, 0.2) is 0 Å². The number of ether oxygens (including phenoxy) is 1. The molecule has 3 N–H and O–H groups in total. The van der Waals surface area contributed by atoms with E-state index in [9.17, 15) is 14.4 Å². The first kappa shape index (κ1) is 51.2. The molecular formula is C46H91N3O4. The van der Waals surface area contributed by atoms with E-state index in [1.807, 2.05) is 0 Å². The van der Waals surface area contributed by atoms with Gasteiger partial charge in [0.25, 0.3) is 0 Å². The predicted molar refractivity (Wildman–Crippen MR) is 228 cm³/mol. The molecule has 0 aliphatic carbocycles. The zero-order valence-electron chi connectivity index (χ0n) is 36.2. The van der Waals surface area contributed by atoms with Gasteiger partial charge in [0, 0.05) is 19.5 Å². The Hall–Kier alpha value is -1.79. The Morgan fingerprint density at radius 3 is 1.08 bits per heavy atom. The minimum atomic E-state index is -0.799. The first-order chi connectivity index (χ1) is 25.7. The lowest BCUT2D eigenvalue weighted by Gasteiger charge is -2.23. The largest absolute Gasteiger partial charge is 0.444 e. The van der Waals surface area contributed by atoms with Crippen molar-refractivity contribution < 1.29 is 19.1 Å². The maximum atomic E-state index is 13.0. The van der Waals surface area contributed by atoms with Gasteiger partial charge in [-0.25, -0.2) is 4.79 Å². The highest BCUT2D eigenvalue weighted by Gasteiger charge is 2.25. The molecule has 0 bridgehead atoms. The maximum Gasteiger partial charge on any atom is 0.408 e. The normalized spacial score (nSPS) is 12.1. The SMILES string of the molecule is CCCCCCCCCCCCCCCCCCNC(=O)CC[C@@H](NC(=O)OC(C)(C)C)C(=O)NCCCCCCCCCCCCCCCCCC. The van der Waals surface area contributed by atoms with Crippen LogP contribution in [0.4, 0.5) is 4.79 Å². The van der Waals surface area contributed by atoms with Crippen LogP contribution in [0.2, 0.25) is 0 Å². The van der Waals surface area contributed by atoms with Crippen molar-refractivity contribution in [2.24, 2.45) is 0 Å². The highest BCUT2D eigenvalue weighted by Crippen LogP contribution is 2.15. The van der Waals surface area contributed by atoms with Gasteiger partial charge in [0.05, 0.1) is 0 Å². The molecule has 0 saturated heterocycles. The number of unbranched alkanes of at least 4 members (excludes halogenated alkanes) is 30. The maximum absolute atomic E-state index is 13.0. The number of rotatable bonds is 39. The van der Waals surface area contributed by atoms with Crippen LogP contribution >= 0.6 is 0 Å². The van der Waals surface area contributed by atoms with E-state index in [1.165, 1.54) is 180 Å². The fourth-order valence-electron chi connectivity index (χ4n) is 6.99. The lowest BCUT2D eigenvalue weighted by molar-refractivity contribution is -0.124. The molecule has 7 heteroatoms. The molecule has 0 aliphatic rings. The molecule has 0 spiro atoms. The smallest absolute Gasteiger partial charge is 0.408 e. The monoisotopic (exact) mass is 750 g/mol. The summed E-state index contributed by atoms with van der Waals surface area (Å²) in [7, 11) is 0. The van der Waals surface area contributed by atoms with Gasteiger partial charge >= 0.3 is 6.09 Å². The number of carbonyl (C=O) groups is 3. The molecule has 0 rings (SSSR count). The van der Waals surface area contributed by atoms with Crippen LogP contribution in [0.1, 0.15) is 253 Å². The second-order valence-corrected chi connectivity index (χ2v) is 17.0. The van der Waals surface area contributed by atoms with Gasteiger partial charge in [0.2, 0.25) is 11.8 Å². The molecule has 53 heavy (non-hydrogen) atoms. The first-order valence-electron chi connectivity index (χ1n) is 23.2. The van der Waals surface area contributed by atoms with Crippen molar-refractivity contribution in [2.75, 3.05) is 13.1 Å². The highest BCUT2D eigenvalue weighted by atomic mass is 16.6. The van der Waals surface area contributed by atoms with E-state index >= 15 is 0 Å². The summed E-state index contributed by atoms with van der Waals surface area (Å²) < 4.78 is 5.40. The summed E-state index contributed by atoms with van der Waals surface area (Å²) in [4.78, 5) is 38.1. The molecule has 0 fully saturated rings. The van der Waals surface area contributed by atoms with Crippen LogP contribution in [0.5, 0.6) is 0 Å². The van der Waals surface area contributed by atoms with E-state index in [1.54, 1.807) is 20.8 Å². The second kappa shape index (κ2) is 38.5. The molecule has 0 saturated carbocycles. The van der Waals surface area contributed by atoms with Crippen LogP contribution in [0, 0.1) is 0 Å². The third kappa shape index (κ3) is 39.7. The summed E-state index contributed by atoms with van der Waals surface area (Å²) in [6.07, 6.45) is 42.0. The second-order valence-electron chi connectivity index (χ2n) is 17.0. The number of nitrogens with one attached hydrogen (secondary N) is 3. The predicted octanol–water partition coefficient (Wildman–Crippen LogP) is 13.4. The van der Waals surface area contributed by atoms with E-state index < -0.39 is 17.7 Å².